The molecule has 31 heavy (non-hydrogen) atoms. The molecule has 0 unspecified atom stereocenters. The number of hydroxylamine groups is 1. The molecule has 3 rings (SSSR count). The number of carbonyl (C=O) groups excluding carboxylic acids is 2. The van der Waals surface area contributed by atoms with Crippen LogP contribution in [0.5, 0.6) is 17.2 Å². The van der Waals surface area contributed by atoms with Crippen LogP contribution in [0.15, 0.2) is 48.6 Å². The summed E-state index contributed by atoms with van der Waals surface area (Å²) < 4.78 is 17.1. The molecular weight excluding hydrogens is 519 g/mol. The molecule has 2 amide bonds. The number of fused-ring (bicyclic) bond motifs is 1. The van der Waals surface area contributed by atoms with Crippen molar-refractivity contribution >= 4 is 40.3 Å². The molecule has 0 saturated heterocycles. The zero-order valence-corrected chi connectivity index (χ0v) is 18.5. The Hall–Kier alpha value is -2.99. The van der Waals surface area contributed by atoms with E-state index < -0.39 is 18.1 Å². The van der Waals surface area contributed by atoms with Crippen LogP contribution in [-0.4, -0.2) is 29.1 Å². The second-order valence-corrected chi connectivity index (χ2v) is 7.85. The summed E-state index contributed by atoms with van der Waals surface area (Å²) in [4.78, 5) is 23.6. The van der Waals surface area contributed by atoms with Crippen LogP contribution < -0.4 is 20.3 Å². The zero-order valence-electron chi connectivity index (χ0n) is 16.3. The van der Waals surface area contributed by atoms with Crippen molar-refractivity contribution in [1.29, 1.82) is 0 Å². The Morgan fingerprint density at radius 1 is 1.19 bits per heavy atom. The highest BCUT2D eigenvalue weighted by Gasteiger charge is 2.21. The summed E-state index contributed by atoms with van der Waals surface area (Å²) >= 11 is 2.11. The molecule has 0 bridgehead atoms. The molecule has 1 heterocycles. The number of hydrogen-bond acceptors (Lipinski definition) is 7. The maximum Gasteiger partial charge on any atom is 0.412 e. The molecule has 164 valence electrons. The fraction of sp³-hybridized carbons (Fsp3) is 0.238. The standard InChI is InChI=1S/C21H21IN2O7/c22-13-6-8-16(25)15(10-13)17(4-2-1-3-5-20(26)24-28)31-21(27)23-14-7-9-18-19(11-14)30-12-29-18/h3,5-11,17,25,28H,1-2,4,12H2,(H,23,27)(H,24,26)/b5-3+/t17-/m0/s1. The zero-order chi connectivity index (χ0) is 22.2. The van der Waals surface area contributed by atoms with Crippen LogP contribution in [0.25, 0.3) is 0 Å². The lowest BCUT2D eigenvalue weighted by Gasteiger charge is -2.20. The second-order valence-electron chi connectivity index (χ2n) is 6.60. The molecule has 0 fully saturated rings. The first kappa shape index (κ1) is 22.7. The van der Waals surface area contributed by atoms with Gasteiger partial charge in [0.25, 0.3) is 5.91 Å². The van der Waals surface area contributed by atoms with Gasteiger partial charge in [-0.05, 0) is 72.2 Å². The third kappa shape index (κ3) is 6.49. The molecule has 1 aliphatic rings. The minimum absolute atomic E-state index is 0.0245. The number of anilines is 1. The van der Waals surface area contributed by atoms with Crippen molar-refractivity contribution in [1.82, 2.24) is 5.48 Å². The van der Waals surface area contributed by atoms with Gasteiger partial charge in [-0.3, -0.25) is 15.3 Å². The van der Waals surface area contributed by atoms with Crippen molar-refractivity contribution < 1.29 is 34.1 Å². The predicted octanol–water partition coefficient (Wildman–Crippen LogP) is 4.25. The predicted molar refractivity (Wildman–Crippen MR) is 119 cm³/mol. The molecule has 1 atom stereocenters. The molecule has 2 aromatic carbocycles. The number of benzene rings is 2. The molecular formula is C21H21IN2O7. The Balaban J connectivity index is 1.66. The van der Waals surface area contributed by atoms with Crippen LogP contribution in [0.1, 0.15) is 30.9 Å². The van der Waals surface area contributed by atoms with E-state index in [9.17, 15) is 14.7 Å². The smallest absolute Gasteiger partial charge is 0.412 e. The minimum atomic E-state index is -0.705. The van der Waals surface area contributed by atoms with Crippen LogP contribution in [0.2, 0.25) is 0 Å². The Labute approximate surface area is 192 Å². The summed E-state index contributed by atoms with van der Waals surface area (Å²) in [6, 6.07) is 10.1. The van der Waals surface area contributed by atoms with Gasteiger partial charge in [-0.25, -0.2) is 10.3 Å². The number of nitrogens with one attached hydrogen (secondary N) is 2. The number of amides is 2. The molecule has 0 aliphatic carbocycles. The van der Waals surface area contributed by atoms with Crippen molar-refractivity contribution in [3.63, 3.8) is 0 Å². The molecule has 0 aromatic heterocycles. The van der Waals surface area contributed by atoms with Crippen LogP contribution in [-0.2, 0) is 9.53 Å². The van der Waals surface area contributed by atoms with Crippen molar-refractivity contribution in [2.24, 2.45) is 0 Å². The largest absolute Gasteiger partial charge is 0.508 e. The van der Waals surface area contributed by atoms with Crippen LogP contribution in [0.4, 0.5) is 10.5 Å². The number of halogens is 1. The lowest BCUT2D eigenvalue weighted by Crippen LogP contribution is -2.18. The summed E-state index contributed by atoms with van der Waals surface area (Å²) in [6.07, 6.45) is 2.92. The van der Waals surface area contributed by atoms with Crippen molar-refractivity contribution in [2.75, 3.05) is 12.1 Å². The number of rotatable bonds is 8. The summed E-state index contributed by atoms with van der Waals surface area (Å²) in [7, 11) is 0. The third-order valence-electron chi connectivity index (χ3n) is 4.42. The molecule has 10 heteroatoms. The summed E-state index contributed by atoms with van der Waals surface area (Å²) in [5.74, 6) is 0.537. The molecule has 0 radical (unpaired) electrons. The SMILES string of the molecule is O=C(/C=C/CCC[C@H](OC(=O)Nc1ccc2c(c1)OCO2)c1cc(I)ccc1O)NO. The topological polar surface area (TPSA) is 126 Å². The van der Waals surface area contributed by atoms with E-state index in [0.29, 0.717) is 42.0 Å². The van der Waals surface area contributed by atoms with Gasteiger partial charge in [0.15, 0.2) is 11.5 Å². The van der Waals surface area contributed by atoms with Gasteiger partial charge in [-0.15, -0.1) is 0 Å². The van der Waals surface area contributed by atoms with Gasteiger partial charge >= 0.3 is 6.09 Å². The lowest BCUT2D eigenvalue weighted by molar-refractivity contribution is -0.124. The van der Waals surface area contributed by atoms with Gasteiger partial charge in [-0.1, -0.05) is 6.08 Å². The summed E-state index contributed by atoms with van der Waals surface area (Å²) in [5, 5.41) is 21.4. The molecule has 0 spiro atoms. The highest BCUT2D eigenvalue weighted by atomic mass is 127. The van der Waals surface area contributed by atoms with Crippen LogP contribution in [0, 0.1) is 3.57 Å². The van der Waals surface area contributed by atoms with Gasteiger partial charge in [0.2, 0.25) is 6.79 Å². The van der Waals surface area contributed by atoms with E-state index in [1.807, 2.05) is 0 Å². The van der Waals surface area contributed by atoms with Gasteiger partial charge in [-0.2, -0.15) is 0 Å². The van der Waals surface area contributed by atoms with E-state index in [4.69, 9.17) is 19.4 Å². The fourth-order valence-electron chi connectivity index (χ4n) is 2.96. The highest BCUT2D eigenvalue weighted by Crippen LogP contribution is 2.35. The number of hydrogen-bond donors (Lipinski definition) is 4. The Bertz CT molecular complexity index is 980. The van der Waals surface area contributed by atoms with Gasteiger partial charge < -0.3 is 19.3 Å². The first-order valence-corrected chi connectivity index (χ1v) is 10.5. The van der Waals surface area contributed by atoms with Crippen molar-refractivity contribution in [2.45, 2.75) is 25.4 Å². The van der Waals surface area contributed by atoms with E-state index in [2.05, 4.69) is 27.9 Å². The number of unbranched alkanes of at least 4 members (excludes halogenated alkanes) is 1. The molecule has 1 aliphatic heterocycles. The van der Waals surface area contributed by atoms with E-state index in [1.54, 1.807) is 42.5 Å². The summed E-state index contributed by atoms with van der Waals surface area (Å²) in [5.41, 5.74) is 2.49. The molecule has 4 N–H and O–H groups in total. The number of ether oxygens (including phenoxy) is 3. The quantitative estimate of drug-likeness (QED) is 0.130. The van der Waals surface area contributed by atoms with Crippen LogP contribution in [0.3, 0.4) is 0 Å². The monoisotopic (exact) mass is 540 g/mol. The molecule has 9 nitrogen and oxygen atoms in total. The van der Waals surface area contributed by atoms with E-state index >= 15 is 0 Å². The first-order chi connectivity index (χ1) is 15.0. The third-order valence-corrected chi connectivity index (χ3v) is 5.09. The van der Waals surface area contributed by atoms with Crippen molar-refractivity contribution in [3.8, 4) is 17.2 Å². The fourth-order valence-corrected chi connectivity index (χ4v) is 3.48. The van der Waals surface area contributed by atoms with E-state index in [1.165, 1.54) is 11.6 Å². The number of aromatic hydroxyl groups is 1. The van der Waals surface area contributed by atoms with Gasteiger partial charge in [0.1, 0.15) is 11.9 Å². The highest BCUT2D eigenvalue weighted by molar-refractivity contribution is 14.1. The average molecular weight is 540 g/mol. The van der Waals surface area contributed by atoms with Gasteiger partial charge in [0, 0.05) is 27.0 Å². The van der Waals surface area contributed by atoms with Crippen LogP contribution >= 0.6 is 22.6 Å². The Morgan fingerprint density at radius 3 is 2.81 bits per heavy atom. The Morgan fingerprint density at radius 2 is 2.00 bits per heavy atom. The van der Waals surface area contributed by atoms with E-state index in [0.717, 1.165) is 3.57 Å². The normalized spacial score (nSPS) is 13.1. The molecule has 2 aromatic rings. The number of allylic oxidation sites excluding steroid dienone is 1. The number of phenols is 1. The van der Waals surface area contributed by atoms with Gasteiger partial charge in [0.05, 0.1) is 0 Å². The minimum Gasteiger partial charge on any atom is -0.508 e. The average Bonchev–Trinajstić information content (AvgIpc) is 3.22. The van der Waals surface area contributed by atoms with Crippen molar-refractivity contribution in [3.05, 3.63) is 57.7 Å². The first-order valence-electron chi connectivity index (χ1n) is 9.42. The van der Waals surface area contributed by atoms with E-state index in [-0.39, 0.29) is 12.5 Å². The Kier molecular flexibility index (Phi) is 7.95. The lowest BCUT2D eigenvalue weighted by atomic mass is 10.0. The maximum absolute atomic E-state index is 12.5. The number of carbonyl (C=O) groups is 2. The number of phenolic OH excluding ortho intramolecular Hbond substituents is 1. The summed E-state index contributed by atoms with van der Waals surface area (Å²) in [6.45, 7) is 0.131. The molecule has 0 saturated carbocycles. The maximum atomic E-state index is 12.5. The second kappa shape index (κ2) is 10.9.